The molecule has 0 fully saturated rings. The first-order valence-electron chi connectivity index (χ1n) is 6.42. The lowest BCUT2D eigenvalue weighted by molar-refractivity contribution is 0.108. The molecule has 0 aliphatic rings. The molecule has 1 atom stereocenters. The predicted molar refractivity (Wildman–Crippen MR) is 73.5 cm³/mol. The Balaban J connectivity index is 2.40. The normalized spacial score (nSPS) is 13.2. The third kappa shape index (κ3) is 5.15. The van der Waals surface area contributed by atoms with Crippen molar-refractivity contribution in [1.82, 2.24) is 10.3 Å². The number of aryl methyl sites for hydroxylation is 1. The largest absolute Gasteiger partial charge is 0.380 e. The lowest BCUT2D eigenvalue weighted by atomic mass is 10.1. The number of rotatable bonds is 8. The highest BCUT2D eigenvalue weighted by atomic mass is 32.1. The zero-order valence-corrected chi connectivity index (χ0v) is 12.1. The number of hydrogen-bond donors (Lipinski definition) is 1. The van der Waals surface area contributed by atoms with E-state index in [0.717, 1.165) is 26.2 Å². The molecule has 0 aliphatic heterocycles. The summed E-state index contributed by atoms with van der Waals surface area (Å²) >= 11 is 1.80. The van der Waals surface area contributed by atoms with Gasteiger partial charge in [0, 0.05) is 30.3 Å². The maximum Gasteiger partial charge on any atom is 0.0925 e. The van der Waals surface area contributed by atoms with Crippen LogP contribution < -0.4 is 5.32 Å². The van der Waals surface area contributed by atoms with Gasteiger partial charge >= 0.3 is 0 Å². The van der Waals surface area contributed by atoms with Gasteiger partial charge in [0.05, 0.1) is 11.6 Å². The molecule has 3 nitrogen and oxygen atoms in total. The standard InChI is InChI=1S/C13H24N2OS/c1-5-13-15-8-11(17-13)7-14-12(10(3)4)9-16-6-2/h8,10,12,14H,5-7,9H2,1-4H3. The molecule has 0 amide bonds. The molecule has 17 heavy (non-hydrogen) atoms. The van der Waals surface area contributed by atoms with Crippen LogP contribution in [0.15, 0.2) is 6.20 Å². The molecule has 1 heterocycles. The van der Waals surface area contributed by atoms with E-state index >= 15 is 0 Å². The van der Waals surface area contributed by atoms with Crippen LogP contribution >= 0.6 is 11.3 Å². The lowest BCUT2D eigenvalue weighted by Crippen LogP contribution is -2.37. The van der Waals surface area contributed by atoms with Crippen molar-refractivity contribution in [3.8, 4) is 0 Å². The second kappa shape index (κ2) is 7.80. The van der Waals surface area contributed by atoms with Crippen molar-refractivity contribution in [2.45, 2.75) is 46.7 Å². The molecule has 0 spiro atoms. The molecule has 0 radical (unpaired) electrons. The van der Waals surface area contributed by atoms with E-state index < -0.39 is 0 Å². The van der Waals surface area contributed by atoms with E-state index in [1.807, 2.05) is 13.1 Å². The Morgan fingerprint density at radius 2 is 2.18 bits per heavy atom. The summed E-state index contributed by atoms with van der Waals surface area (Å²) in [4.78, 5) is 5.68. The summed E-state index contributed by atoms with van der Waals surface area (Å²) in [5.74, 6) is 0.583. The molecular weight excluding hydrogens is 232 g/mol. The van der Waals surface area contributed by atoms with Crippen LogP contribution in [0.2, 0.25) is 0 Å². The van der Waals surface area contributed by atoms with E-state index in [9.17, 15) is 0 Å². The average Bonchev–Trinajstić information content (AvgIpc) is 2.76. The van der Waals surface area contributed by atoms with Crippen LogP contribution in [0, 0.1) is 5.92 Å². The first-order valence-corrected chi connectivity index (χ1v) is 7.23. The number of aromatic nitrogens is 1. The smallest absolute Gasteiger partial charge is 0.0925 e. The van der Waals surface area contributed by atoms with Crippen molar-refractivity contribution in [1.29, 1.82) is 0 Å². The molecule has 0 saturated carbocycles. The Kier molecular flexibility index (Phi) is 6.70. The summed E-state index contributed by atoms with van der Waals surface area (Å²) in [5, 5.41) is 4.77. The van der Waals surface area contributed by atoms with Crippen molar-refractivity contribution >= 4 is 11.3 Å². The fraction of sp³-hybridized carbons (Fsp3) is 0.769. The third-order valence-electron chi connectivity index (χ3n) is 2.75. The van der Waals surface area contributed by atoms with Crippen LogP contribution in [-0.4, -0.2) is 24.2 Å². The quantitative estimate of drug-likeness (QED) is 0.776. The van der Waals surface area contributed by atoms with E-state index in [0.29, 0.717) is 12.0 Å². The van der Waals surface area contributed by atoms with Crippen LogP contribution in [0.5, 0.6) is 0 Å². The first kappa shape index (κ1) is 14.6. The summed E-state index contributed by atoms with van der Waals surface area (Å²) in [7, 11) is 0. The van der Waals surface area contributed by atoms with Gasteiger partial charge in [0.25, 0.3) is 0 Å². The van der Waals surface area contributed by atoms with Gasteiger partial charge in [-0.05, 0) is 19.3 Å². The highest BCUT2D eigenvalue weighted by Gasteiger charge is 2.13. The van der Waals surface area contributed by atoms with E-state index in [2.05, 4.69) is 31.1 Å². The second-order valence-corrected chi connectivity index (χ2v) is 5.66. The first-order chi connectivity index (χ1) is 8.17. The third-order valence-corrected chi connectivity index (χ3v) is 3.89. The van der Waals surface area contributed by atoms with E-state index in [1.165, 1.54) is 9.88 Å². The Morgan fingerprint density at radius 3 is 2.71 bits per heavy atom. The van der Waals surface area contributed by atoms with Crippen molar-refractivity contribution in [3.63, 3.8) is 0 Å². The molecule has 0 aliphatic carbocycles. The van der Waals surface area contributed by atoms with Gasteiger partial charge < -0.3 is 10.1 Å². The lowest BCUT2D eigenvalue weighted by Gasteiger charge is -2.21. The summed E-state index contributed by atoms with van der Waals surface area (Å²) in [6.45, 7) is 11.1. The van der Waals surface area contributed by atoms with Gasteiger partial charge in [0.2, 0.25) is 0 Å². The minimum Gasteiger partial charge on any atom is -0.380 e. The van der Waals surface area contributed by atoms with Gasteiger partial charge in [-0.1, -0.05) is 20.8 Å². The summed E-state index contributed by atoms with van der Waals surface area (Å²) in [6, 6.07) is 0.419. The summed E-state index contributed by atoms with van der Waals surface area (Å²) in [5.41, 5.74) is 0. The zero-order chi connectivity index (χ0) is 12.7. The van der Waals surface area contributed by atoms with E-state index in [1.54, 1.807) is 11.3 Å². The van der Waals surface area contributed by atoms with Gasteiger partial charge in [0.1, 0.15) is 0 Å². The average molecular weight is 256 g/mol. The highest BCUT2D eigenvalue weighted by molar-refractivity contribution is 7.11. The monoisotopic (exact) mass is 256 g/mol. The van der Waals surface area contributed by atoms with Crippen LogP contribution in [0.25, 0.3) is 0 Å². The van der Waals surface area contributed by atoms with E-state index in [4.69, 9.17) is 4.74 Å². The Labute approximate surface area is 109 Å². The van der Waals surface area contributed by atoms with Gasteiger partial charge in [-0.25, -0.2) is 4.98 Å². The van der Waals surface area contributed by atoms with Crippen LogP contribution in [0.1, 0.15) is 37.6 Å². The molecule has 1 N–H and O–H groups in total. The number of nitrogens with one attached hydrogen (secondary N) is 1. The topological polar surface area (TPSA) is 34.1 Å². The van der Waals surface area contributed by atoms with Gasteiger partial charge in [0.15, 0.2) is 0 Å². The molecule has 0 saturated heterocycles. The minimum atomic E-state index is 0.419. The molecule has 98 valence electrons. The second-order valence-electron chi connectivity index (χ2n) is 4.46. The van der Waals surface area contributed by atoms with Crippen molar-refractivity contribution in [2.75, 3.05) is 13.2 Å². The fourth-order valence-corrected chi connectivity index (χ4v) is 2.37. The maximum absolute atomic E-state index is 5.50. The molecule has 1 unspecified atom stereocenters. The zero-order valence-electron chi connectivity index (χ0n) is 11.3. The number of thiazole rings is 1. The molecule has 0 bridgehead atoms. The minimum absolute atomic E-state index is 0.419. The molecule has 0 aromatic carbocycles. The number of hydrogen-bond acceptors (Lipinski definition) is 4. The van der Waals surface area contributed by atoms with Crippen molar-refractivity contribution < 1.29 is 4.74 Å². The van der Waals surface area contributed by atoms with E-state index in [-0.39, 0.29) is 0 Å². The van der Waals surface area contributed by atoms with Crippen LogP contribution in [-0.2, 0) is 17.7 Å². The van der Waals surface area contributed by atoms with Crippen LogP contribution in [0.4, 0.5) is 0 Å². The van der Waals surface area contributed by atoms with Gasteiger partial charge in [-0.3, -0.25) is 0 Å². The van der Waals surface area contributed by atoms with Crippen molar-refractivity contribution in [3.05, 3.63) is 16.1 Å². The molecule has 1 aromatic heterocycles. The Hall–Kier alpha value is -0.450. The predicted octanol–water partition coefficient (Wildman–Crippen LogP) is 2.86. The molecular formula is C13H24N2OS. The summed E-state index contributed by atoms with van der Waals surface area (Å²) in [6.07, 6.45) is 3.01. The Morgan fingerprint density at radius 1 is 1.41 bits per heavy atom. The maximum atomic E-state index is 5.50. The van der Waals surface area contributed by atoms with Gasteiger partial charge in [-0.15, -0.1) is 11.3 Å². The fourth-order valence-electron chi connectivity index (χ4n) is 1.56. The van der Waals surface area contributed by atoms with Crippen LogP contribution in [0.3, 0.4) is 0 Å². The summed E-state index contributed by atoms with van der Waals surface area (Å²) < 4.78 is 5.50. The number of nitrogens with zero attached hydrogens (tertiary/aromatic N) is 1. The molecule has 1 rings (SSSR count). The van der Waals surface area contributed by atoms with Crippen molar-refractivity contribution in [2.24, 2.45) is 5.92 Å². The SMILES string of the molecule is CCOCC(NCc1cnc(CC)s1)C(C)C. The van der Waals surface area contributed by atoms with Gasteiger partial charge in [-0.2, -0.15) is 0 Å². The Bertz CT molecular complexity index is 312. The highest BCUT2D eigenvalue weighted by Crippen LogP contribution is 2.14. The molecule has 1 aromatic rings. The molecule has 4 heteroatoms. The number of ether oxygens (including phenoxy) is 1.